The van der Waals surface area contributed by atoms with Gasteiger partial charge in [-0.25, -0.2) is 0 Å². The summed E-state index contributed by atoms with van der Waals surface area (Å²) in [6.45, 7) is 0.845. The maximum Gasteiger partial charge on any atom is 0.164 e. The SMILES string of the molecule is COc1cc(Br)cc(CC2CO2)c1OC. The second kappa shape index (κ2) is 4.41. The molecule has 0 saturated carbocycles. The lowest BCUT2D eigenvalue weighted by molar-refractivity contribution is 0.348. The van der Waals surface area contributed by atoms with E-state index in [9.17, 15) is 0 Å². The molecule has 0 aliphatic carbocycles. The number of hydrogen-bond acceptors (Lipinski definition) is 3. The summed E-state index contributed by atoms with van der Waals surface area (Å²) in [6, 6.07) is 3.94. The summed E-state index contributed by atoms with van der Waals surface area (Å²) >= 11 is 3.45. The van der Waals surface area contributed by atoms with Crippen LogP contribution in [-0.2, 0) is 11.2 Å². The van der Waals surface area contributed by atoms with Crippen LogP contribution in [0.25, 0.3) is 0 Å². The molecular weight excluding hydrogens is 260 g/mol. The van der Waals surface area contributed by atoms with Crippen molar-refractivity contribution in [1.29, 1.82) is 0 Å². The van der Waals surface area contributed by atoms with E-state index in [1.54, 1.807) is 14.2 Å². The zero-order valence-corrected chi connectivity index (χ0v) is 10.3. The Bertz CT molecular complexity index is 361. The molecule has 2 rings (SSSR count). The first-order valence-corrected chi connectivity index (χ1v) is 5.56. The summed E-state index contributed by atoms with van der Waals surface area (Å²) in [6.07, 6.45) is 1.22. The third kappa shape index (κ3) is 2.44. The van der Waals surface area contributed by atoms with E-state index in [1.165, 1.54) is 0 Å². The molecule has 3 nitrogen and oxygen atoms in total. The molecule has 4 heteroatoms. The monoisotopic (exact) mass is 272 g/mol. The van der Waals surface area contributed by atoms with Crippen molar-refractivity contribution in [1.82, 2.24) is 0 Å². The highest BCUT2D eigenvalue weighted by Crippen LogP contribution is 2.36. The Labute approximate surface area is 97.5 Å². The van der Waals surface area contributed by atoms with E-state index in [1.807, 2.05) is 12.1 Å². The number of epoxide rings is 1. The molecule has 1 saturated heterocycles. The molecule has 1 heterocycles. The molecule has 1 atom stereocenters. The lowest BCUT2D eigenvalue weighted by Gasteiger charge is -2.12. The third-order valence-corrected chi connectivity index (χ3v) is 2.83. The van der Waals surface area contributed by atoms with Crippen molar-refractivity contribution in [2.24, 2.45) is 0 Å². The van der Waals surface area contributed by atoms with Crippen LogP contribution in [-0.4, -0.2) is 26.9 Å². The van der Waals surface area contributed by atoms with Crippen LogP contribution in [0.2, 0.25) is 0 Å². The maximum absolute atomic E-state index is 5.35. The average molecular weight is 273 g/mol. The van der Waals surface area contributed by atoms with Gasteiger partial charge in [-0.1, -0.05) is 15.9 Å². The minimum atomic E-state index is 0.345. The van der Waals surface area contributed by atoms with Crippen LogP contribution in [0.4, 0.5) is 0 Å². The maximum atomic E-state index is 5.35. The van der Waals surface area contributed by atoms with E-state index >= 15 is 0 Å². The van der Waals surface area contributed by atoms with Crippen LogP contribution in [0.5, 0.6) is 11.5 Å². The predicted molar refractivity (Wildman–Crippen MR) is 60.7 cm³/mol. The first-order valence-electron chi connectivity index (χ1n) is 4.76. The van der Waals surface area contributed by atoms with Gasteiger partial charge in [0.2, 0.25) is 0 Å². The summed E-state index contributed by atoms with van der Waals surface area (Å²) in [4.78, 5) is 0. The fourth-order valence-electron chi connectivity index (χ4n) is 1.59. The topological polar surface area (TPSA) is 31.0 Å². The average Bonchev–Trinajstić information content (AvgIpc) is 3.01. The van der Waals surface area contributed by atoms with E-state index in [0.29, 0.717) is 6.10 Å². The Balaban J connectivity index is 2.34. The molecule has 1 unspecified atom stereocenters. The number of methoxy groups -OCH3 is 2. The van der Waals surface area contributed by atoms with Crippen molar-refractivity contribution in [2.45, 2.75) is 12.5 Å². The van der Waals surface area contributed by atoms with Gasteiger partial charge >= 0.3 is 0 Å². The van der Waals surface area contributed by atoms with Gasteiger partial charge < -0.3 is 14.2 Å². The second-order valence-corrected chi connectivity index (χ2v) is 4.38. The molecule has 1 aliphatic heterocycles. The van der Waals surface area contributed by atoms with Crippen molar-refractivity contribution in [3.63, 3.8) is 0 Å². The Hall–Kier alpha value is -0.740. The molecule has 0 radical (unpaired) electrons. The van der Waals surface area contributed by atoms with Gasteiger partial charge in [-0.3, -0.25) is 0 Å². The first kappa shape index (κ1) is 10.8. The number of ether oxygens (including phenoxy) is 3. The normalized spacial score (nSPS) is 18.7. The fraction of sp³-hybridized carbons (Fsp3) is 0.455. The molecule has 0 bridgehead atoms. The van der Waals surface area contributed by atoms with Gasteiger partial charge in [0, 0.05) is 16.5 Å². The molecule has 15 heavy (non-hydrogen) atoms. The summed E-state index contributed by atoms with van der Waals surface area (Å²) < 4.78 is 16.8. The number of hydrogen-bond donors (Lipinski definition) is 0. The van der Waals surface area contributed by atoms with Crippen molar-refractivity contribution in [3.05, 3.63) is 22.2 Å². The Morgan fingerprint density at radius 3 is 2.67 bits per heavy atom. The van der Waals surface area contributed by atoms with Crippen molar-refractivity contribution < 1.29 is 14.2 Å². The zero-order chi connectivity index (χ0) is 10.8. The van der Waals surface area contributed by atoms with Gasteiger partial charge in [0.05, 0.1) is 26.9 Å². The molecule has 0 N–H and O–H groups in total. The summed E-state index contributed by atoms with van der Waals surface area (Å²) in [5, 5.41) is 0. The summed E-state index contributed by atoms with van der Waals surface area (Å²) in [5.41, 5.74) is 1.12. The highest BCUT2D eigenvalue weighted by Gasteiger charge is 2.25. The van der Waals surface area contributed by atoms with Crippen LogP contribution >= 0.6 is 15.9 Å². The first-order chi connectivity index (χ1) is 7.24. The quantitative estimate of drug-likeness (QED) is 0.789. The molecule has 1 aromatic rings. The standard InChI is InChI=1S/C11H13BrO3/c1-13-10-5-8(12)3-7(11(10)14-2)4-9-6-15-9/h3,5,9H,4,6H2,1-2H3. The molecule has 0 aromatic heterocycles. The van der Waals surface area contributed by atoms with Gasteiger partial charge in [-0.05, 0) is 12.1 Å². The molecule has 1 fully saturated rings. The molecule has 0 amide bonds. The smallest absolute Gasteiger partial charge is 0.164 e. The molecule has 82 valence electrons. The Kier molecular flexibility index (Phi) is 3.17. The van der Waals surface area contributed by atoms with Gasteiger partial charge in [-0.2, -0.15) is 0 Å². The fourth-order valence-corrected chi connectivity index (χ4v) is 2.07. The van der Waals surface area contributed by atoms with Crippen LogP contribution < -0.4 is 9.47 Å². The van der Waals surface area contributed by atoms with E-state index in [4.69, 9.17) is 14.2 Å². The lowest BCUT2D eigenvalue weighted by atomic mass is 10.1. The minimum absolute atomic E-state index is 0.345. The highest BCUT2D eigenvalue weighted by atomic mass is 79.9. The van der Waals surface area contributed by atoms with Crippen molar-refractivity contribution in [2.75, 3.05) is 20.8 Å². The third-order valence-electron chi connectivity index (χ3n) is 2.37. The second-order valence-electron chi connectivity index (χ2n) is 3.46. The van der Waals surface area contributed by atoms with Gasteiger partial charge in [0.25, 0.3) is 0 Å². The van der Waals surface area contributed by atoms with E-state index in [0.717, 1.165) is 34.6 Å². The summed E-state index contributed by atoms with van der Waals surface area (Å²) in [5.74, 6) is 1.55. The zero-order valence-electron chi connectivity index (χ0n) is 8.75. The van der Waals surface area contributed by atoms with Crippen molar-refractivity contribution >= 4 is 15.9 Å². The van der Waals surface area contributed by atoms with Crippen LogP contribution in [0.15, 0.2) is 16.6 Å². The van der Waals surface area contributed by atoms with Gasteiger partial charge in [0.15, 0.2) is 11.5 Å². The molecule has 0 spiro atoms. The van der Waals surface area contributed by atoms with Gasteiger partial charge in [-0.15, -0.1) is 0 Å². The van der Waals surface area contributed by atoms with E-state index < -0.39 is 0 Å². The number of rotatable bonds is 4. The van der Waals surface area contributed by atoms with Crippen molar-refractivity contribution in [3.8, 4) is 11.5 Å². The number of halogens is 1. The summed E-state index contributed by atoms with van der Waals surface area (Å²) in [7, 11) is 3.30. The molecule has 1 aliphatic rings. The minimum Gasteiger partial charge on any atom is -0.493 e. The van der Waals surface area contributed by atoms with Crippen LogP contribution in [0.1, 0.15) is 5.56 Å². The molecular formula is C11H13BrO3. The Morgan fingerprint density at radius 1 is 1.40 bits per heavy atom. The molecule has 1 aromatic carbocycles. The Morgan fingerprint density at radius 2 is 2.13 bits per heavy atom. The highest BCUT2D eigenvalue weighted by molar-refractivity contribution is 9.10. The number of benzene rings is 1. The van der Waals surface area contributed by atoms with Crippen LogP contribution in [0, 0.1) is 0 Å². The van der Waals surface area contributed by atoms with E-state index in [-0.39, 0.29) is 0 Å². The van der Waals surface area contributed by atoms with E-state index in [2.05, 4.69) is 15.9 Å². The lowest BCUT2D eigenvalue weighted by Crippen LogP contribution is -2.00. The largest absolute Gasteiger partial charge is 0.493 e. The van der Waals surface area contributed by atoms with Gasteiger partial charge in [0.1, 0.15) is 0 Å². The predicted octanol–water partition coefficient (Wildman–Crippen LogP) is 2.41. The van der Waals surface area contributed by atoms with Crippen LogP contribution in [0.3, 0.4) is 0 Å².